The minimum atomic E-state index is -0.163. The van der Waals surface area contributed by atoms with E-state index in [-0.39, 0.29) is 18.0 Å². The predicted molar refractivity (Wildman–Crippen MR) is 109 cm³/mol. The number of nitrogens with zero attached hydrogens (tertiary/aromatic N) is 2. The number of rotatable bonds is 6. The van der Waals surface area contributed by atoms with E-state index in [0.717, 1.165) is 17.8 Å². The first-order valence-corrected chi connectivity index (χ1v) is 9.50. The van der Waals surface area contributed by atoms with Crippen molar-refractivity contribution in [3.05, 3.63) is 102 Å². The molecule has 0 N–H and O–H groups in total. The van der Waals surface area contributed by atoms with Crippen molar-refractivity contribution in [1.29, 1.82) is 0 Å². The van der Waals surface area contributed by atoms with Gasteiger partial charge in [-0.25, -0.2) is 0 Å². The average molecular weight is 356 g/mol. The molecule has 1 aliphatic heterocycles. The van der Waals surface area contributed by atoms with Crippen molar-refractivity contribution in [2.45, 2.75) is 25.6 Å². The molecule has 1 saturated heterocycles. The third kappa shape index (κ3) is 3.33. The summed E-state index contributed by atoms with van der Waals surface area (Å²) in [6.07, 6.45) is 0. The van der Waals surface area contributed by atoms with Crippen LogP contribution in [-0.4, -0.2) is 23.4 Å². The Hall–Kier alpha value is -3.07. The van der Waals surface area contributed by atoms with E-state index < -0.39 is 0 Å². The minimum Gasteiger partial charge on any atom is -0.358 e. The SMILES string of the molecule is CCN(c1ccccc1)C1C(=O)N(Cc2ccccc2)C1c1ccccc1. The molecule has 136 valence electrons. The van der Waals surface area contributed by atoms with E-state index in [4.69, 9.17) is 0 Å². The van der Waals surface area contributed by atoms with Gasteiger partial charge in [0.1, 0.15) is 6.04 Å². The van der Waals surface area contributed by atoms with Crippen molar-refractivity contribution in [1.82, 2.24) is 4.90 Å². The number of hydrogen-bond donors (Lipinski definition) is 0. The summed E-state index contributed by atoms with van der Waals surface area (Å²) in [5.74, 6) is 0.193. The normalized spacial score (nSPS) is 18.9. The van der Waals surface area contributed by atoms with Crippen LogP contribution in [0.15, 0.2) is 91.0 Å². The Morgan fingerprint density at radius 3 is 1.96 bits per heavy atom. The van der Waals surface area contributed by atoms with E-state index in [2.05, 4.69) is 60.4 Å². The fraction of sp³-hybridized carbons (Fsp3) is 0.208. The molecule has 3 heteroatoms. The minimum absolute atomic E-state index is 0.0547. The summed E-state index contributed by atoms with van der Waals surface area (Å²) in [6, 6.07) is 30.7. The second-order valence-electron chi connectivity index (χ2n) is 6.87. The van der Waals surface area contributed by atoms with E-state index >= 15 is 0 Å². The molecule has 0 radical (unpaired) electrons. The Morgan fingerprint density at radius 1 is 0.815 bits per heavy atom. The monoisotopic (exact) mass is 356 g/mol. The Morgan fingerprint density at radius 2 is 1.37 bits per heavy atom. The summed E-state index contributed by atoms with van der Waals surface area (Å²) < 4.78 is 0. The van der Waals surface area contributed by atoms with E-state index in [1.807, 2.05) is 47.4 Å². The van der Waals surface area contributed by atoms with Gasteiger partial charge in [0.15, 0.2) is 0 Å². The Labute approximate surface area is 160 Å². The number of β-lactam (4-membered cyclic amide) rings is 1. The highest BCUT2D eigenvalue weighted by Gasteiger charge is 2.50. The summed E-state index contributed by atoms with van der Waals surface area (Å²) in [7, 11) is 0. The second-order valence-corrected chi connectivity index (χ2v) is 6.87. The third-order valence-electron chi connectivity index (χ3n) is 5.27. The zero-order chi connectivity index (χ0) is 18.6. The first-order chi connectivity index (χ1) is 13.3. The van der Waals surface area contributed by atoms with Crippen molar-refractivity contribution in [3.63, 3.8) is 0 Å². The van der Waals surface area contributed by atoms with Crippen molar-refractivity contribution in [3.8, 4) is 0 Å². The van der Waals surface area contributed by atoms with Crippen LogP contribution in [-0.2, 0) is 11.3 Å². The molecule has 0 aromatic heterocycles. The van der Waals surface area contributed by atoms with Gasteiger partial charge in [0, 0.05) is 18.8 Å². The van der Waals surface area contributed by atoms with Crippen molar-refractivity contribution >= 4 is 11.6 Å². The Bertz CT molecular complexity index is 880. The number of carbonyl (C=O) groups excluding carboxylic acids is 1. The van der Waals surface area contributed by atoms with Crippen molar-refractivity contribution in [2.75, 3.05) is 11.4 Å². The highest BCUT2D eigenvalue weighted by atomic mass is 16.2. The topological polar surface area (TPSA) is 23.6 Å². The van der Waals surface area contributed by atoms with Crippen LogP contribution >= 0.6 is 0 Å². The number of para-hydroxylation sites is 1. The lowest BCUT2D eigenvalue weighted by molar-refractivity contribution is -0.151. The van der Waals surface area contributed by atoms with Crippen LogP contribution in [0.25, 0.3) is 0 Å². The van der Waals surface area contributed by atoms with Crippen LogP contribution in [0.3, 0.4) is 0 Å². The second kappa shape index (κ2) is 7.67. The lowest BCUT2D eigenvalue weighted by Gasteiger charge is -2.52. The Kier molecular flexibility index (Phi) is 4.93. The fourth-order valence-electron chi connectivity index (χ4n) is 3.96. The van der Waals surface area contributed by atoms with Gasteiger partial charge in [-0.05, 0) is 30.2 Å². The number of likely N-dealkylation sites (N-methyl/N-ethyl adjacent to an activating group) is 1. The van der Waals surface area contributed by atoms with E-state index in [0.29, 0.717) is 6.54 Å². The summed E-state index contributed by atoms with van der Waals surface area (Å²) >= 11 is 0. The maximum Gasteiger partial charge on any atom is 0.248 e. The molecule has 1 amide bonds. The number of likely N-dealkylation sites (tertiary alicyclic amines) is 1. The molecule has 3 nitrogen and oxygen atoms in total. The molecule has 1 fully saturated rings. The van der Waals surface area contributed by atoms with Gasteiger partial charge in [0.05, 0.1) is 6.04 Å². The number of amides is 1. The molecule has 4 rings (SSSR count). The molecule has 2 atom stereocenters. The quantitative estimate of drug-likeness (QED) is 0.600. The lowest BCUT2D eigenvalue weighted by atomic mass is 9.86. The molecule has 0 aliphatic carbocycles. The third-order valence-corrected chi connectivity index (χ3v) is 5.27. The lowest BCUT2D eigenvalue weighted by Crippen LogP contribution is -2.65. The number of benzene rings is 3. The van der Waals surface area contributed by atoms with Crippen LogP contribution in [0.2, 0.25) is 0 Å². The molecule has 0 spiro atoms. The molecule has 3 aromatic rings. The molecule has 3 aromatic carbocycles. The van der Waals surface area contributed by atoms with Crippen molar-refractivity contribution < 1.29 is 4.79 Å². The van der Waals surface area contributed by atoms with Gasteiger partial charge in [-0.2, -0.15) is 0 Å². The van der Waals surface area contributed by atoms with Crippen LogP contribution < -0.4 is 4.90 Å². The maximum absolute atomic E-state index is 13.2. The number of anilines is 1. The van der Waals surface area contributed by atoms with Gasteiger partial charge in [0.2, 0.25) is 5.91 Å². The van der Waals surface area contributed by atoms with Gasteiger partial charge in [-0.1, -0.05) is 78.9 Å². The molecule has 0 bridgehead atoms. The average Bonchev–Trinajstić information content (AvgIpc) is 2.74. The highest BCUT2D eigenvalue weighted by molar-refractivity contribution is 5.93. The number of hydrogen-bond acceptors (Lipinski definition) is 2. The zero-order valence-corrected chi connectivity index (χ0v) is 15.5. The molecule has 0 saturated carbocycles. The highest BCUT2D eigenvalue weighted by Crippen LogP contribution is 2.40. The molecular formula is C24H24N2O. The number of carbonyl (C=O) groups is 1. The Balaban J connectivity index is 1.67. The molecule has 27 heavy (non-hydrogen) atoms. The predicted octanol–water partition coefficient (Wildman–Crippen LogP) is 4.67. The van der Waals surface area contributed by atoms with Gasteiger partial charge >= 0.3 is 0 Å². The van der Waals surface area contributed by atoms with Crippen LogP contribution in [0, 0.1) is 0 Å². The summed E-state index contributed by atoms with van der Waals surface area (Å²) in [5.41, 5.74) is 3.44. The van der Waals surface area contributed by atoms with Gasteiger partial charge in [-0.3, -0.25) is 4.79 Å². The van der Waals surface area contributed by atoms with Gasteiger partial charge in [-0.15, -0.1) is 0 Å². The summed E-state index contributed by atoms with van der Waals surface area (Å²) in [5, 5.41) is 0. The van der Waals surface area contributed by atoms with E-state index in [1.54, 1.807) is 0 Å². The maximum atomic E-state index is 13.2. The summed E-state index contributed by atoms with van der Waals surface area (Å²) in [4.78, 5) is 17.4. The standard InChI is InChI=1S/C24H24N2O/c1-2-25(21-16-10-5-11-17-21)23-22(20-14-8-4-9-15-20)26(24(23)27)18-19-12-6-3-7-13-19/h3-17,22-23H,2,18H2,1H3. The van der Waals surface area contributed by atoms with Crippen molar-refractivity contribution in [2.24, 2.45) is 0 Å². The molecule has 1 aliphatic rings. The molecule has 2 unspecified atom stereocenters. The molecular weight excluding hydrogens is 332 g/mol. The van der Waals surface area contributed by atoms with E-state index in [1.165, 1.54) is 5.56 Å². The molecule has 1 heterocycles. The fourth-order valence-corrected chi connectivity index (χ4v) is 3.96. The van der Waals surface area contributed by atoms with Crippen LogP contribution in [0.4, 0.5) is 5.69 Å². The smallest absolute Gasteiger partial charge is 0.248 e. The van der Waals surface area contributed by atoms with E-state index in [9.17, 15) is 4.79 Å². The largest absolute Gasteiger partial charge is 0.358 e. The van der Waals surface area contributed by atoms with Gasteiger partial charge in [0.25, 0.3) is 0 Å². The van der Waals surface area contributed by atoms with Crippen LogP contribution in [0.1, 0.15) is 24.1 Å². The van der Waals surface area contributed by atoms with Crippen LogP contribution in [0.5, 0.6) is 0 Å². The first kappa shape index (κ1) is 17.3. The zero-order valence-electron chi connectivity index (χ0n) is 15.5. The van der Waals surface area contributed by atoms with Gasteiger partial charge < -0.3 is 9.80 Å². The summed E-state index contributed by atoms with van der Waals surface area (Å²) in [6.45, 7) is 3.55. The first-order valence-electron chi connectivity index (χ1n) is 9.50.